The molecule has 0 unspecified atom stereocenters. The number of amides is 2. The second-order valence-electron chi connectivity index (χ2n) is 7.69. The van der Waals surface area contributed by atoms with Crippen molar-refractivity contribution in [3.63, 3.8) is 0 Å². The number of ether oxygens (including phenoxy) is 2. The van der Waals surface area contributed by atoms with Crippen molar-refractivity contribution in [3.8, 4) is 11.5 Å². The summed E-state index contributed by atoms with van der Waals surface area (Å²) in [5, 5.41) is 6.03. The SMILES string of the molecule is COc1cccc(CNC(=O)C2CCC(C(=O)NCc3cccc(OC)c3)CC2)c1. The summed E-state index contributed by atoms with van der Waals surface area (Å²) < 4.78 is 10.4. The second kappa shape index (κ2) is 10.7. The number of carbonyl (C=O) groups is 2. The highest BCUT2D eigenvalue weighted by Crippen LogP contribution is 2.29. The number of hydrogen-bond acceptors (Lipinski definition) is 4. The van der Waals surface area contributed by atoms with Crippen LogP contribution in [0.2, 0.25) is 0 Å². The highest BCUT2D eigenvalue weighted by molar-refractivity contribution is 5.81. The molecule has 0 atom stereocenters. The molecule has 0 heterocycles. The van der Waals surface area contributed by atoms with Crippen molar-refractivity contribution >= 4 is 11.8 Å². The van der Waals surface area contributed by atoms with Crippen LogP contribution in [0.3, 0.4) is 0 Å². The lowest BCUT2D eigenvalue weighted by atomic mass is 9.81. The zero-order chi connectivity index (χ0) is 21.3. The molecule has 1 saturated carbocycles. The molecule has 0 radical (unpaired) electrons. The number of methoxy groups -OCH3 is 2. The second-order valence-corrected chi connectivity index (χ2v) is 7.69. The van der Waals surface area contributed by atoms with Crippen molar-refractivity contribution in [3.05, 3.63) is 59.7 Å². The first-order valence-corrected chi connectivity index (χ1v) is 10.4. The van der Waals surface area contributed by atoms with Gasteiger partial charge in [0.05, 0.1) is 14.2 Å². The maximum atomic E-state index is 12.5. The molecule has 2 N–H and O–H groups in total. The Morgan fingerprint density at radius 3 is 1.53 bits per heavy atom. The highest BCUT2D eigenvalue weighted by Gasteiger charge is 2.29. The normalized spacial score (nSPS) is 18.3. The molecule has 1 fully saturated rings. The number of nitrogens with one attached hydrogen (secondary N) is 2. The van der Waals surface area contributed by atoms with Gasteiger partial charge in [-0.25, -0.2) is 0 Å². The largest absolute Gasteiger partial charge is 0.497 e. The van der Waals surface area contributed by atoms with Crippen molar-refractivity contribution in [2.75, 3.05) is 14.2 Å². The van der Waals surface area contributed by atoms with Crippen molar-refractivity contribution in [1.29, 1.82) is 0 Å². The minimum absolute atomic E-state index is 0.0296. The lowest BCUT2D eigenvalue weighted by molar-refractivity contribution is -0.130. The number of rotatable bonds is 8. The predicted molar refractivity (Wildman–Crippen MR) is 115 cm³/mol. The van der Waals surface area contributed by atoms with Crippen LogP contribution in [0, 0.1) is 11.8 Å². The average molecular weight is 411 g/mol. The first kappa shape index (κ1) is 21.7. The summed E-state index contributed by atoms with van der Waals surface area (Å²) in [6.45, 7) is 0.966. The standard InChI is InChI=1S/C24H30N2O4/c1-29-21-7-3-5-17(13-21)15-25-23(27)19-9-11-20(12-10-19)24(28)26-16-18-6-4-8-22(14-18)30-2/h3-8,13-14,19-20H,9-12,15-16H2,1-2H3,(H,25,27)(H,26,28). The third-order valence-electron chi connectivity index (χ3n) is 5.67. The van der Waals surface area contributed by atoms with Crippen LogP contribution in [0.4, 0.5) is 0 Å². The molecule has 2 aromatic rings. The molecule has 1 aliphatic carbocycles. The maximum absolute atomic E-state index is 12.5. The molecule has 30 heavy (non-hydrogen) atoms. The summed E-state index contributed by atoms with van der Waals surface area (Å²) in [6.07, 6.45) is 2.95. The van der Waals surface area contributed by atoms with Crippen LogP contribution in [0.15, 0.2) is 48.5 Å². The topological polar surface area (TPSA) is 76.7 Å². The molecule has 0 aliphatic heterocycles. The van der Waals surface area contributed by atoms with Gasteiger partial charge in [-0.05, 0) is 61.1 Å². The van der Waals surface area contributed by atoms with E-state index in [1.165, 1.54) is 0 Å². The monoisotopic (exact) mass is 410 g/mol. The molecule has 3 rings (SSSR count). The van der Waals surface area contributed by atoms with E-state index in [4.69, 9.17) is 9.47 Å². The van der Waals surface area contributed by atoms with Crippen LogP contribution in [0.25, 0.3) is 0 Å². The fraction of sp³-hybridized carbons (Fsp3) is 0.417. The van der Waals surface area contributed by atoms with E-state index in [-0.39, 0.29) is 23.7 Å². The Morgan fingerprint density at radius 2 is 1.17 bits per heavy atom. The summed E-state index contributed by atoms with van der Waals surface area (Å²) in [5.41, 5.74) is 2.02. The van der Waals surface area contributed by atoms with Crippen LogP contribution in [0.1, 0.15) is 36.8 Å². The number of carbonyl (C=O) groups excluding carboxylic acids is 2. The van der Waals surface area contributed by atoms with Gasteiger partial charge in [0.25, 0.3) is 0 Å². The third-order valence-corrected chi connectivity index (χ3v) is 5.67. The lowest BCUT2D eigenvalue weighted by Crippen LogP contribution is -2.37. The van der Waals surface area contributed by atoms with E-state index >= 15 is 0 Å². The van der Waals surface area contributed by atoms with E-state index < -0.39 is 0 Å². The van der Waals surface area contributed by atoms with Crippen LogP contribution in [0.5, 0.6) is 11.5 Å². The van der Waals surface area contributed by atoms with Crippen molar-refractivity contribution < 1.29 is 19.1 Å². The van der Waals surface area contributed by atoms with Gasteiger partial charge in [-0.2, -0.15) is 0 Å². The van der Waals surface area contributed by atoms with Crippen molar-refractivity contribution in [1.82, 2.24) is 10.6 Å². The fourth-order valence-corrected chi connectivity index (χ4v) is 3.85. The molecule has 1 aliphatic rings. The molecule has 6 heteroatoms. The smallest absolute Gasteiger partial charge is 0.223 e. The summed E-state index contributed by atoms with van der Waals surface area (Å²) in [4.78, 5) is 25.0. The van der Waals surface area contributed by atoms with E-state index in [0.717, 1.165) is 48.3 Å². The zero-order valence-corrected chi connectivity index (χ0v) is 17.6. The maximum Gasteiger partial charge on any atom is 0.223 e. The van der Waals surface area contributed by atoms with Gasteiger partial charge in [-0.1, -0.05) is 24.3 Å². The molecule has 2 aromatic carbocycles. The van der Waals surface area contributed by atoms with Gasteiger partial charge >= 0.3 is 0 Å². The summed E-state index contributed by atoms with van der Waals surface area (Å²) >= 11 is 0. The minimum atomic E-state index is -0.0296. The summed E-state index contributed by atoms with van der Waals surface area (Å²) in [6, 6.07) is 15.4. The molecule has 0 spiro atoms. The summed E-state index contributed by atoms with van der Waals surface area (Å²) in [7, 11) is 3.26. The van der Waals surface area contributed by atoms with Crippen molar-refractivity contribution in [2.24, 2.45) is 11.8 Å². The molecular weight excluding hydrogens is 380 g/mol. The van der Waals surface area contributed by atoms with E-state index in [2.05, 4.69) is 10.6 Å². The molecule has 0 bridgehead atoms. The van der Waals surface area contributed by atoms with Gasteiger partial charge in [0.2, 0.25) is 11.8 Å². The van der Waals surface area contributed by atoms with Crippen LogP contribution in [-0.4, -0.2) is 26.0 Å². The van der Waals surface area contributed by atoms with E-state index in [9.17, 15) is 9.59 Å². The van der Waals surface area contributed by atoms with Crippen LogP contribution in [-0.2, 0) is 22.7 Å². The first-order chi connectivity index (χ1) is 14.6. The molecule has 6 nitrogen and oxygen atoms in total. The Labute approximate surface area is 178 Å². The lowest BCUT2D eigenvalue weighted by Gasteiger charge is -2.27. The van der Waals surface area contributed by atoms with E-state index in [1.807, 2.05) is 48.5 Å². The Morgan fingerprint density at radius 1 is 0.767 bits per heavy atom. The fourth-order valence-electron chi connectivity index (χ4n) is 3.85. The minimum Gasteiger partial charge on any atom is -0.497 e. The number of hydrogen-bond donors (Lipinski definition) is 2. The van der Waals surface area contributed by atoms with Crippen molar-refractivity contribution in [2.45, 2.75) is 38.8 Å². The van der Waals surface area contributed by atoms with Gasteiger partial charge in [-0.15, -0.1) is 0 Å². The van der Waals surface area contributed by atoms with Gasteiger partial charge in [0.15, 0.2) is 0 Å². The molecule has 2 amide bonds. The number of benzene rings is 2. The van der Waals surface area contributed by atoms with Crippen LogP contribution >= 0.6 is 0 Å². The Kier molecular flexibility index (Phi) is 7.71. The van der Waals surface area contributed by atoms with Crippen LogP contribution < -0.4 is 20.1 Å². The van der Waals surface area contributed by atoms with E-state index in [1.54, 1.807) is 14.2 Å². The van der Waals surface area contributed by atoms with Gasteiger partial charge in [-0.3, -0.25) is 9.59 Å². The highest BCUT2D eigenvalue weighted by atomic mass is 16.5. The third kappa shape index (κ3) is 5.99. The Bertz CT molecular complexity index is 788. The van der Waals surface area contributed by atoms with Gasteiger partial charge in [0.1, 0.15) is 11.5 Å². The van der Waals surface area contributed by atoms with E-state index in [0.29, 0.717) is 13.1 Å². The molecule has 0 aromatic heterocycles. The predicted octanol–water partition coefficient (Wildman–Crippen LogP) is 3.44. The molecule has 160 valence electrons. The molecular formula is C24H30N2O4. The first-order valence-electron chi connectivity index (χ1n) is 10.4. The quantitative estimate of drug-likeness (QED) is 0.699. The van der Waals surface area contributed by atoms with Gasteiger partial charge in [0, 0.05) is 24.9 Å². The Balaban J connectivity index is 1.41. The zero-order valence-electron chi connectivity index (χ0n) is 17.6. The Hall–Kier alpha value is -3.02. The molecule has 0 saturated heterocycles. The van der Waals surface area contributed by atoms with Gasteiger partial charge < -0.3 is 20.1 Å². The average Bonchev–Trinajstić information content (AvgIpc) is 2.81. The summed E-state index contributed by atoms with van der Waals surface area (Å²) in [5.74, 6) is 1.63.